The number of rotatable bonds is 6. The van der Waals surface area contributed by atoms with Crippen molar-refractivity contribution in [2.75, 3.05) is 6.61 Å². The highest BCUT2D eigenvalue weighted by Crippen LogP contribution is 2.36. The summed E-state index contributed by atoms with van der Waals surface area (Å²) in [7, 11) is 0. The highest BCUT2D eigenvalue weighted by molar-refractivity contribution is 5.84. The minimum absolute atomic E-state index is 0.119. The van der Waals surface area contributed by atoms with Crippen molar-refractivity contribution in [1.29, 1.82) is 0 Å². The van der Waals surface area contributed by atoms with E-state index in [9.17, 15) is 18.3 Å². The third kappa shape index (κ3) is 4.20. The molecule has 2 rings (SSSR count). The van der Waals surface area contributed by atoms with Crippen LogP contribution >= 0.6 is 0 Å². The molecule has 0 spiro atoms. The van der Waals surface area contributed by atoms with Crippen LogP contribution in [0.5, 0.6) is 5.75 Å². The normalized spacial score (nSPS) is 15.2. The second kappa shape index (κ2) is 7.43. The van der Waals surface area contributed by atoms with E-state index in [-0.39, 0.29) is 17.4 Å². The summed E-state index contributed by atoms with van der Waals surface area (Å²) in [4.78, 5) is 0. The van der Waals surface area contributed by atoms with Crippen molar-refractivity contribution in [3.05, 3.63) is 53.9 Å². The first-order valence-corrected chi connectivity index (χ1v) is 7.96. The van der Waals surface area contributed by atoms with E-state index in [0.29, 0.717) is 10.9 Å². The summed E-state index contributed by atoms with van der Waals surface area (Å²) in [5.41, 5.74) is 7.55. The van der Waals surface area contributed by atoms with Crippen LogP contribution in [0, 0.1) is 5.92 Å². The molecule has 0 aliphatic heterocycles. The molecule has 0 saturated carbocycles. The highest BCUT2D eigenvalue weighted by Gasteiger charge is 2.36. The van der Waals surface area contributed by atoms with Gasteiger partial charge in [-0.05, 0) is 40.5 Å². The van der Waals surface area contributed by atoms with E-state index in [1.165, 1.54) is 18.3 Å². The van der Waals surface area contributed by atoms with Gasteiger partial charge in [-0.1, -0.05) is 32.0 Å². The number of fused-ring (bicyclic) bond motifs is 1. The number of hydrogen-bond acceptors (Lipinski definition) is 5. The molecule has 0 radical (unpaired) electrons. The summed E-state index contributed by atoms with van der Waals surface area (Å²) in [6, 6.07) is 9.70. The molecule has 6 N–H and O–H groups in total. The number of nitrogens with one attached hydrogen (secondary N) is 1. The lowest BCUT2D eigenvalue weighted by Gasteiger charge is -2.33. The first kappa shape index (κ1) is 19.9. The molecule has 2 aromatic carbocycles. The molecule has 2 aromatic rings. The Balaban J connectivity index is 2.41. The number of aliphatic hydroxyl groups is 1. The van der Waals surface area contributed by atoms with Gasteiger partial charge in [-0.2, -0.15) is 13.2 Å². The van der Waals surface area contributed by atoms with Gasteiger partial charge >= 0.3 is 6.18 Å². The molecule has 5 nitrogen and oxygen atoms in total. The van der Waals surface area contributed by atoms with E-state index in [4.69, 9.17) is 16.3 Å². The molecule has 0 fully saturated rings. The maximum absolute atomic E-state index is 12.3. The van der Waals surface area contributed by atoms with Gasteiger partial charge in [0.1, 0.15) is 11.4 Å². The molecular weight excluding hydrogens is 347 g/mol. The zero-order valence-electron chi connectivity index (χ0n) is 14.5. The van der Waals surface area contributed by atoms with Gasteiger partial charge in [-0.3, -0.25) is 5.84 Å². The van der Waals surface area contributed by atoms with Crippen LogP contribution in [0.3, 0.4) is 0 Å². The van der Waals surface area contributed by atoms with Crippen molar-refractivity contribution in [3.63, 3.8) is 0 Å². The monoisotopic (exact) mass is 369 g/mol. The van der Waals surface area contributed by atoms with Crippen molar-refractivity contribution in [2.45, 2.75) is 25.6 Å². The van der Waals surface area contributed by atoms with Gasteiger partial charge in [0.25, 0.3) is 0 Å². The van der Waals surface area contributed by atoms with Crippen LogP contribution in [0.2, 0.25) is 0 Å². The number of hydrogen-bond donors (Lipinski definition) is 4. The molecule has 0 aliphatic rings. The molecule has 0 aliphatic carbocycles. The Morgan fingerprint density at radius 3 is 2.38 bits per heavy atom. The van der Waals surface area contributed by atoms with Crippen molar-refractivity contribution < 1.29 is 23.0 Å². The molecule has 142 valence electrons. The number of nitrogens with two attached hydrogens (primary N) is 2. The van der Waals surface area contributed by atoms with Crippen LogP contribution in [-0.4, -0.2) is 17.9 Å². The molecule has 8 heteroatoms. The minimum Gasteiger partial charge on any atom is -0.484 e. The van der Waals surface area contributed by atoms with Crippen LogP contribution in [0.1, 0.15) is 19.4 Å². The van der Waals surface area contributed by atoms with E-state index in [2.05, 4.69) is 5.43 Å². The topological polar surface area (TPSA) is 93.5 Å². The predicted octanol–water partition coefficient (Wildman–Crippen LogP) is 2.89. The Bertz CT molecular complexity index is 806. The van der Waals surface area contributed by atoms with Gasteiger partial charge in [-0.15, -0.1) is 0 Å². The summed E-state index contributed by atoms with van der Waals surface area (Å²) in [5, 5.41) is 12.5. The molecule has 0 amide bonds. The maximum atomic E-state index is 12.3. The Hall–Kier alpha value is -2.45. The average molecular weight is 369 g/mol. The van der Waals surface area contributed by atoms with Gasteiger partial charge in [0.15, 0.2) is 6.61 Å². The van der Waals surface area contributed by atoms with Crippen molar-refractivity contribution >= 4 is 10.8 Å². The summed E-state index contributed by atoms with van der Waals surface area (Å²) < 4.78 is 41.6. The molecule has 0 saturated heterocycles. The highest BCUT2D eigenvalue weighted by atomic mass is 19.4. The fraction of sp³-hybridized carbons (Fsp3) is 0.333. The van der Waals surface area contributed by atoms with Gasteiger partial charge in [0.2, 0.25) is 0 Å². The van der Waals surface area contributed by atoms with Crippen LogP contribution in [0.4, 0.5) is 13.2 Å². The number of ether oxygens (including phenoxy) is 1. The Labute approximate surface area is 149 Å². The Kier molecular flexibility index (Phi) is 5.68. The molecule has 0 aromatic heterocycles. The first-order chi connectivity index (χ1) is 12.1. The van der Waals surface area contributed by atoms with Crippen LogP contribution in [0.25, 0.3) is 10.8 Å². The third-order valence-electron chi connectivity index (χ3n) is 4.17. The average Bonchev–Trinajstić information content (AvgIpc) is 2.58. The largest absolute Gasteiger partial charge is 0.484 e. The Morgan fingerprint density at radius 2 is 1.81 bits per heavy atom. The molecule has 0 bridgehead atoms. The molecule has 1 atom stereocenters. The maximum Gasteiger partial charge on any atom is 0.422 e. The van der Waals surface area contributed by atoms with Gasteiger partial charge in [0, 0.05) is 6.20 Å². The van der Waals surface area contributed by atoms with Crippen molar-refractivity contribution in [2.24, 2.45) is 17.5 Å². The molecule has 1 unspecified atom stereocenters. The first-order valence-electron chi connectivity index (χ1n) is 7.96. The zero-order valence-corrected chi connectivity index (χ0v) is 14.5. The molecule has 0 heterocycles. The standard InChI is InChI=1S/C18H22F3N3O2/c1-11(2)18(25,16(22)9-24-23)14-5-3-13-8-15(6-4-12(13)7-14)26-10-17(19,20)21/h3-9,11,24-25H,10,22-23H2,1-2H3/b16-9-. The second-order valence-electron chi connectivity index (χ2n) is 6.32. The lowest BCUT2D eigenvalue weighted by molar-refractivity contribution is -0.153. The van der Waals surface area contributed by atoms with E-state index < -0.39 is 18.4 Å². The summed E-state index contributed by atoms with van der Waals surface area (Å²) in [6.45, 7) is 2.28. The fourth-order valence-electron chi connectivity index (χ4n) is 2.75. The lowest BCUT2D eigenvalue weighted by atomic mass is 9.80. The van der Waals surface area contributed by atoms with Crippen LogP contribution < -0.4 is 21.7 Å². The van der Waals surface area contributed by atoms with E-state index >= 15 is 0 Å². The SMILES string of the molecule is CC(C)C(O)(/C(N)=C/NN)c1ccc2cc(OCC(F)(F)F)ccc2c1. The number of halogens is 3. The van der Waals surface area contributed by atoms with Crippen LogP contribution in [-0.2, 0) is 5.60 Å². The quantitative estimate of drug-likeness (QED) is 0.464. The molecular formula is C18H22F3N3O2. The summed E-state index contributed by atoms with van der Waals surface area (Å²) >= 11 is 0. The van der Waals surface area contributed by atoms with Crippen molar-refractivity contribution in [3.8, 4) is 5.75 Å². The van der Waals surface area contributed by atoms with Gasteiger partial charge < -0.3 is 21.0 Å². The Morgan fingerprint density at radius 1 is 1.19 bits per heavy atom. The fourth-order valence-corrected chi connectivity index (χ4v) is 2.75. The number of hydrazine groups is 1. The third-order valence-corrected chi connectivity index (χ3v) is 4.17. The van der Waals surface area contributed by atoms with Gasteiger partial charge in [0.05, 0.1) is 5.70 Å². The number of alkyl halides is 3. The molecule has 26 heavy (non-hydrogen) atoms. The zero-order chi connectivity index (χ0) is 19.5. The second-order valence-corrected chi connectivity index (χ2v) is 6.32. The van der Waals surface area contributed by atoms with E-state index in [1.807, 2.05) is 13.8 Å². The van der Waals surface area contributed by atoms with E-state index in [0.717, 1.165) is 5.39 Å². The van der Waals surface area contributed by atoms with Crippen molar-refractivity contribution in [1.82, 2.24) is 5.43 Å². The lowest BCUT2D eigenvalue weighted by Crippen LogP contribution is -2.39. The smallest absolute Gasteiger partial charge is 0.422 e. The van der Waals surface area contributed by atoms with E-state index in [1.54, 1.807) is 24.3 Å². The van der Waals surface area contributed by atoms with Gasteiger partial charge in [-0.25, -0.2) is 0 Å². The minimum atomic E-state index is -4.40. The number of benzene rings is 2. The van der Waals surface area contributed by atoms with Crippen LogP contribution in [0.15, 0.2) is 48.3 Å². The summed E-state index contributed by atoms with van der Waals surface area (Å²) in [6.07, 6.45) is -3.08. The predicted molar refractivity (Wildman–Crippen MR) is 93.8 cm³/mol. The summed E-state index contributed by atoms with van der Waals surface area (Å²) in [5.74, 6) is 5.13.